The number of carboxylic acid groups (broad SMARTS) is 1. The maximum absolute atomic E-state index is 12.9. The van der Waals surface area contributed by atoms with Crippen molar-refractivity contribution < 1.29 is 42.9 Å². The second-order valence-electron chi connectivity index (χ2n) is 27.3. The van der Waals surface area contributed by atoms with Gasteiger partial charge in [-0.25, -0.2) is 4.79 Å². The molecule has 0 fully saturated rings. The van der Waals surface area contributed by atoms with E-state index in [1.807, 2.05) is 21.1 Å². The fraction of sp³-hybridized carbons (Fsp3) is 0.885. The Hall–Kier alpha value is -2.49. The van der Waals surface area contributed by atoms with E-state index < -0.39 is 24.3 Å². The molecule has 0 amide bonds. The van der Waals surface area contributed by atoms with E-state index in [1.54, 1.807) is 0 Å². The summed E-state index contributed by atoms with van der Waals surface area (Å²) >= 11 is 0. The molecule has 2 unspecified atom stereocenters. The lowest BCUT2D eigenvalue weighted by Crippen LogP contribution is -2.40. The van der Waals surface area contributed by atoms with Crippen LogP contribution in [0.25, 0.3) is 0 Å². The summed E-state index contributed by atoms with van der Waals surface area (Å²) in [4.78, 5) is 37.6. The third-order valence-corrected chi connectivity index (χ3v) is 17.4. The van der Waals surface area contributed by atoms with Gasteiger partial charge >= 0.3 is 17.9 Å². The lowest BCUT2D eigenvalue weighted by Gasteiger charge is -2.25. The van der Waals surface area contributed by atoms with Crippen LogP contribution in [0.5, 0.6) is 0 Å². The number of likely N-dealkylation sites (N-methyl/N-ethyl adjacent to an activating group) is 1. The summed E-state index contributed by atoms with van der Waals surface area (Å²) in [5, 5.41) is 9.75. The van der Waals surface area contributed by atoms with Crippen LogP contribution in [0, 0.1) is 0 Å². The number of esters is 2. The molecule has 0 aliphatic heterocycles. The van der Waals surface area contributed by atoms with Crippen LogP contribution >= 0.6 is 0 Å². The number of hydrogen-bond acceptors (Lipinski definition) is 7. The van der Waals surface area contributed by atoms with E-state index in [0.717, 1.165) is 57.8 Å². The quantitative estimate of drug-likeness (QED) is 0.0211. The van der Waals surface area contributed by atoms with Gasteiger partial charge in [-0.15, -0.1) is 0 Å². The van der Waals surface area contributed by atoms with Gasteiger partial charge in [-0.3, -0.25) is 9.59 Å². The number of quaternary nitrogens is 1. The van der Waals surface area contributed by atoms with E-state index >= 15 is 0 Å². The summed E-state index contributed by atoms with van der Waals surface area (Å²) in [6.45, 7) is 4.92. The van der Waals surface area contributed by atoms with Gasteiger partial charge in [-0.1, -0.05) is 359 Å². The van der Waals surface area contributed by atoms with Crippen LogP contribution in [0.1, 0.15) is 386 Å². The fourth-order valence-corrected chi connectivity index (χ4v) is 11.6. The third-order valence-electron chi connectivity index (χ3n) is 17.4. The van der Waals surface area contributed by atoms with Crippen LogP contribution in [-0.4, -0.2) is 87.4 Å². The van der Waals surface area contributed by atoms with Crippen molar-refractivity contribution in [2.24, 2.45) is 0 Å². The molecule has 0 aromatic carbocycles. The maximum atomic E-state index is 12.9. The minimum Gasteiger partial charge on any atom is -0.477 e. The molecule has 0 rings (SSSR count). The van der Waals surface area contributed by atoms with E-state index in [0.29, 0.717) is 23.9 Å². The van der Waals surface area contributed by atoms with E-state index in [1.165, 1.54) is 295 Å². The van der Waals surface area contributed by atoms with Gasteiger partial charge < -0.3 is 28.5 Å². The van der Waals surface area contributed by atoms with Crippen LogP contribution in [0.4, 0.5) is 0 Å². The Kier molecular flexibility index (Phi) is 67.4. The Labute approximate surface area is 540 Å². The Morgan fingerprint density at radius 2 is 0.621 bits per heavy atom. The first-order valence-electron chi connectivity index (χ1n) is 38.2. The molecule has 0 spiro atoms. The molecule has 87 heavy (non-hydrogen) atoms. The molecular weight excluding hydrogens is 1080 g/mol. The van der Waals surface area contributed by atoms with Crippen LogP contribution in [-0.2, 0) is 33.3 Å². The zero-order valence-electron chi connectivity index (χ0n) is 58.7. The summed E-state index contributed by atoms with van der Waals surface area (Å²) in [6, 6.07) is 0. The second kappa shape index (κ2) is 69.4. The topological polar surface area (TPSA) is 108 Å². The lowest BCUT2D eigenvalue weighted by molar-refractivity contribution is -0.870. The molecule has 9 heteroatoms. The predicted octanol–water partition coefficient (Wildman–Crippen LogP) is 23.9. The molecule has 0 heterocycles. The fourth-order valence-electron chi connectivity index (χ4n) is 11.6. The zero-order valence-corrected chi connectivity index (χ0v) is 58.7. The van der Waals surface area contributed by atoms with Crippen molar-refractivity contribution >= 4 is 17.9 Å². The Morgan fingerprint density at radius 3 is 0.920 bits per heavy atom. The smallest absolute Gasteiger partial charge is 0.361 e. The largest absolute Gasteiger partial charge is 0.477 e. The number of ether oxygens (including phenoxy) is 4. The van der Waals surface area contributed by atoms with Gasteiger partial charge in [0.2, 0.25) is 0 Å². The van der Waals surface area contributed by atoms with Gasteiger partial charge in [0.25, 0.3) is 6.29 Å². The van der Waals surface area contributed by atoms with Crippen molar-refractivity contribution in [3.05, 3.63) is 36.5 Å². The monoisotopic (exact) mass is 1230 g/mol. The van der Waals surface area contributed by atoms with Crippen molar-refractivity contribution in [2.75, 3.05) is 47.5 Å². The average molecular weight is 1230 g/mol. The minimum atomic E-state index is -1.51. The SMILES string of the molecule is CCCCCCC/C=C\C/C=C\C/C=C\CCCCCCCCCCC(=O)OC(COC(=O)CCCCCCCCCCCCCCCCCCCCCCCCCCCCCCCCCCCCCCCCC)COC(OCC[N+](C)(C)C)C(=O)O. The molecule has 0 saturated carbocycles. The average Bonchev–Trinajstić information content (AvgIpc) is 3.50. The summed E-state index contributed by atoms with van der Waals surface area (Å²) in [5.41, 5.74) is 0. The molecule has 0 aromatic rings. The molecular formula is C78H148NO8+. The minimum absolute atomic E-state index is 0.181. The van der Waals surface area contributed by atoms with E-state index in [2.05, 4.69) is 50.3 Å². The summed E-state index contributed by atoms with van der Waals surface area (Å²) in [6.07, 6.45) is 85.9. The number of aliphatic carboxylic acids is 1. The second-order valence-corrected chi connectivity index (χ2v) is 27.3. The van der Waals surface area contributed by atoms with Gasteiger partial charge in [-0.05, 0) is 51.4 Å². The normalized spacial score (nSPS) is 12.8. The summed E-state index contributed by atoms with van der Waals surface area (Å²) in [5.74, 6) is -1.99. The molecule has 0 radical (unpaired) electrons. The Bertz CT molecular complexity index is 1520. The van der Waals surface area contributed by atoms with Crippen LogP contribution in [0.15, 0.2) is 36.5 Å². The highest BCUT2D eigenvalue weighted by Crippen LogP contribution is 2.20. The number of nitrogens with zero attached hydrogens (tertiary/aromatic N) is 1. The molecule has 512 valence electrons. The molecule has 0 aliphatic rings. The number of hydrogen-bond donors (Lipinski definition) is 1. The van der Waals surface area contributed by atoms with Gasteiger partial charge in [0.1, 0.15) is 13.2 Å². The number of carboxylic acids is 1. The first kappa shape index (κ1) is 84.5. The molecule has 1 N–H and O–H groups in total. The Balaban J connectivity index is 3.95. The van der Waals surface area contributed by atoms with Gasteiger partial charge in [0.05, 0.1) is 34.4 Å². The van der Waals surface area contributed by atoms with Crippen molar-refractivity contribution in [1.82, 2.24) is 0 Å². The number of unbranched alkanes of at least 4 members (excludes halogenated alkanes) is 51. The lowest BCUT2D eigenvalue weighted by atomic mass is 10.0. The zero-order chi connectivity index (χ0) is 63.3. The molecule has 2 atom stereocenters. The van der Waals surface area contributed by atoms with Crippen molar-refractivity contribution in [3.63, 3.8) is 0 Å². The molecule has 0 bridgehead atoms. The van der Waals surface area contributed by atoms with Crippen molar-refractivity contribution in [1.29, 1.82) is 0 Å². The highest BCUT2D eigenvalue weighted by Gasteiger charge is 2.25. The van der Waals surface area contributed by atoms with Gasteiger partial charge in [0, 0.05) is 12.8 Å². The predicted molar refractivity (Wildman–Crippen MR) is 374 cm³/mol. The molecule has 0 aliphatic carbocycles. The summed E-state index contributed by atoms with van der Waals surface area (Å²) < 4.78 is 23.0. The van der Waals surface area contributed by atoms with Gasteiger partial charge in [0.15, 0.2) is 6.10 Å². The summed E-state index contributed by atoms with van der Waals surface area (Å²) in [7, 11) is 5.99. The number of carbonyl (C=O) groups is 3. The number of carbonyl (C=O) groups excluding carboxylic acids is 2. The van der Waals surface area contributed by atoms with Crippen LogP contribution in [0.2, 0.25) is 0 Å². The standard InChI is InChI=1S/C78H147NO8/c1-6-8-10-12-14-16-18-20-22-24-26-28-30-31-32-33-34-35-36-37-38-39-40-41-42-43-44-45-47-48-50-52-54-56-58-60-62-64-66-68-75(80)85-72-74(73-86-78(77(82)83)84-71-70-79(3,4)5)87-76(81)69-67-65-63-61-59-57-55-53-51-49-46-29-27-25-23-21-19-17-15-13-11-9-7-2/h19,21,25,27,46,49,74,78H,6-18,20,22-24,26,28-45,47-48,50-73H2,1-5H3/p+1/b21-19-,27-25-,49-46-. The van der Waals surface area contributed by atoms with E-state index in [9.17, 15) is 19.5 Å². The Morgan fingerprint density at radius 1 is 0.345 bits per heavy atom. The van der Waals surface area contributed by atoms with Crippen LogP contribution in [0.3, 0.4) is 0 Å². The third kappa shape index (κ3) is 70.8. The molecule has 0 aromatic heterocycles. The maximum Gasteiger partial charge on any atom is 0.361 e. The van der Waals surface area contributed by atoms with Gasteiger partial charge in [-0.2, -0.15) is 0 Å². The van der Waals surface area contributed by atoms with E-state index in [4.69, 9.17) is 18.9 Å². The molecule has 0 saturated heterocycles. The number of rotatable bonds is 72. The van der Waals surface area contributed by atoms with Crippen LogP contribution < -0.4 is 0 Å². The first-order valence-corrected chi connectivity index (χ1v) is 38.2. The van der Waals surface area contributed by atoms with E-state index in [-0.39, 0.29) is 32.2 Å². The highest BCUT2D eigenvalue weighted by atomic mass is 16.7. The molecule has 9 nitrogen and oxygen atoms in total. The first-order chi connectivity index (χ1) is 42.6. The highest BCUT2D eigenvalue weighted by molar-refractivity contribution is 5.71. The van der Waals surface area contributed by atoms with Crippen molar-refractivity contribution in [3.8, 4) is 0 Å². The van der Waals surface area contributed by atoms with Crippen molar-refractivity contribution in [2.45, 2.75) is 399 Å². The number of allylic oxidation sites excluding steroid dienone is 6.